The fraction of sp³-hybridized carbons (Fsp3) is 0.160. The number of nitrogens with zero attached hydrogens (tertiary/aromatic N) is 1. The minimum atomic E-state index is -0.563. The molecule has 9 heteroatoms. The quantitative estimate of drug-likeness (QED) is 0.271. The lowest BCUT2D eigenvalue weighted by molar-refractivity contribution is -0.117. The number of amides is 2. The molecule has 174 valence electrons. The van der Waals surface area contributed by atoms with Crippen molar-refractivity contribution in [2.24, 2.45) is 0 Å². The zero-order valence-electron chi connectivity index (χ0n) is 18.4. The van der Waals surface area contributed by atoms with Crippen molar-refractivity contribution in [3.63, 3.8) is 0 Å². The summed E-state index contributed by atoms with van der Waals surface area (Å²) in [5.41, 5.74) is 4.56. The molecule has 2 heterocycles. The summed E-state index contributed by atoms with van der Waals surface area (Å²) in [6, 6.07) is 13.2. The topological polar surface area (TPSA) is 88.9 Å². The second-order valence-corrected chi connectivity index (χ2v) is 8.42. The fourth-order valence-electron chi connectivity index (χ4n) is 3.30. The minimum absolute atomic E-state index is 0.0856. The summed E-state index contributed by atoms with van der Waals surface area (Å²) in [6.45, 7) is 4.03. The Morgan fingerprint density at radius 3 is 2.62 bits per heavy atom. The normalized spacial score (nSPS) is 14.6. The molecule has 2 aromatic carbocycles. The molecule has 4 rings (SSSR count). The zero-order valence-corrected chi connectivity index (χ0v) is 19.9. The third kappa shape index (κ3) is 4.71. The number of nitrogens with one attached hydrogen (secondary N) is 1. The van der Waals surface area contributed by atoms with E-state index in [0.717, 1.165) is 10.6 Å². The number of hydrazine groups is 1. The highest BCUT2D eigenvalue weighted by atomic mass is 35.5. The molecule has 0 spiro atoms. The molecule has 2 amide bonds. The van der Waals surface area contributed by atoms with Crippen LogP contribution in [0.15, 0.2) is 58.5 Å². The van der Waals surface area contributed by atoms with Gasteiger partial charge in [0.25, 0.3) is 11.8 Å². The average molecular weight is 499 g/mol. The van der Waals surface area contributed by atoms with Gasteiger partial charge in [-0.2, -0.15) is 0 Å². The Bertz CT molecular complexity index is 1330. The molecule has 7 nitrogen and oxygen atoms in total. The summed E-state index contributed by atoms with van der Waals surface area (Å²) in [5, 5.41) is 1.88. The van der Waals surface area contributed by atoms with Gasteiger partial charge in [-0.3, -0.25) is 15.0 Å². The molecule has 1 saturated heterocycles. The van der Waals surface area contributed by atoms with Gasteiger partial charge in [-0.1, -0.05) is 36.2 Å². The molecular weight excluding hydrogens is 479 g/mol. The predicted octanol–water partition coefficient (Wildman–Crippen LogP) is 5.59. The van der Waals surface area contributed by atoms with E-state index in [4.69, 9.17) is 32.4 Å². The van der Waals surface area contributed by atoms with Gasteiger partial charge in [-0.25, -0.2) is 9.80 Å². The Morgan fingerprint density at radius 2 is 1.88 bits per heavy atom. The molecule has 1 N–H and O–H groups in total. The molecule has 3 aromatic rings. The van der Waals surface area contributed by atoms with Crippen molar-refractivity contribution >= 4 is 52.7 Å². The van der Waals surface area contributed by atoms with Crippen LogP contribution in [0.2, 0.25) is 10.0 Å². The van der Waals surface area contributed by atoms with E-state index >= 15 is 0 Å². The van der Waals surface area contributed by atoms with Gasteiger partial charge in [-0.15, -0.1) is 0 Å². The number of benzene rings is 2. The van der Waals surface area contributed by atoms with Gasteiger partial charge < -0.3 is 9.15 Å². The third-order valence-corrected chi connectivity index (χ3v) is 5.86. The van der Waals surface area contributed by atoms with Crippen molar-refractivity contribution < 1.29 is 23.5 Å². The SMILES string of the molecule is CCCOC(=O)c1cc(-c2ccc(C=C3C(=O)NN(c4ccc(C)c(Cl)c4)C3=O)o2)ccc1Cl. The summed E-state index contributed by atoms with van der Waals surface area (Å²) in [6.07, 6.45) is 2.06. The Kier molecular flexibility index (Phi) is 6.77. The van der Waals surface area contributed by atoms with Crippen LogP contribution in [-0.4, -0.2) is 24.4 Å². The van der Waals surface area contributed by atoms with Crippen LogP contribution >= 0.6 is 23.2 Å². The number of ether oxygens (including phenoxy) is 1. The molecule has 1 aromatic heterocycles. The lowest BCUT2D eigenvalue weighted by atomic mass is 10.1. The number of anilines is 1. The highest BCUT2D eigenvalue weighted by molar-refractivity contribution is 6.34. The van der Waals surface area contributed by atoms with Crippen LogP contribution in [0.3, 0.4) is 0 Å². The van der Waals surface area contributed by atoms with Crippen LogP contribution in [0.5, 0.6) is 0 Å². The number of carbonyl (C=O) groups is 3. The van der Waals surface area contributed by atoms with E-state index in [0.29, 0.717) is 40.8 Å². The van der Waals surface area contributed by atoms with Crippen LogP contribution in [0, 0.1) is 6.92 Å². The number of hydrogen-bond acceptors (Lipinski definition) is 5. The monoisotopic (exact) mass is 498 g/mol. The maximum atomic E-state index is 12.9. The molecule has 0 aliphatic carbocycles. The van der Waals surface area contributed by atoms with E-state index in [1.165, 1.54) is 6.08 Å². The lowest BCUT2D eigenvalue weighted by Gasteiger charge is -2.15. The first-order valence-electron chi connectivity index (χ1n) is 10.5. The van der Waals surface area contributed by atoms with E-state index in [-0.39, 0.29) is 16.2 Å². The first kappa shape index (κ1) is 23.6. The van der Waals surface area contributed by atoms with Gasteiger partial charge in [0.2, 0.25) is 0 Å². The first-order valence-corrected chi connectivity index (χ1v) is 11.2. The van der Waals surface area contributed by atoms with E-state index < -0.39 is 17.8 Å². The Balaban J connectivity index is 1.58. The highest BCUT2D eigenvalue weighted by Gasteiger charge is 2.35. The van der Waals surface area contributed by atoms with Gasteiger partial charge in [0.15, 0.2) is 0 Å². The summed E-state index contributed by atoms with van der Waals surface area (Å²) in [5.74, 6) is -0.891. The number of halogens is 2. The predicted molar refractivity (Wildman–Crippen MR) is 130 cm³/mol. The van der Waals surface area contributed by atoms with E-state index in [1.807, 2.05) is 13.8 Å². The maximum Gasteiger partial charge on any atom is 0.339 e. The molecule has 0 saturated carbocycles. The number of rotatable bonds is 6. The van der Waals surface area contributed by atoms with Gasteiger partial charge in [0.05, 0.1) is 22.9 Å². The summed E-state index contributed by atoms with van der Waals surface area (Å²) in [7, 11) is 0. The van der Waals surface area contributed by atoms with Gasteiger partial charge in [0.1, 0.15) is 17.1 Å². The van der Waals surface area contributed by atoms with E-state index in [1.54, 1.807) is 48.5 Å². The van der Waals surface area contributed by atoms with Crippen molar-refractivity contribution in [3.8, 4) is 11.3 Å². The number of carbonyl (C=O) groups excluding carboxylic acids is 3. The van der Waals surface area contributed by atoms with Crippen molar-refractivity contribution in [3.05, 3.63) is 81.0 Å². The largest absolute Gasteiger partial charge is 0.462 e. The summed E-state index contributed by atoms with van der Waals surface area (Å²) >= 11 is 12.3. The van der Waals surface area contributed by atoms with E-state index in [9.17, 15) is 14.4 Å². The number of hydrogen-bond donors (Lipinski definition) is 1. The standard InChI is InChI=1S/C25H20Cl2N2O5/c1-3-10-33-25(32)18-11-15(5-8-20(18)26)22-9-7-17(34-22)13-19-23(30)28-29(24(19)31)16-6-4-14(2)21(27)12-16/h4-9,11-13H,3,10H2,1-2H3,(H,28,30). The molecule has 1 aliphatic heterocycles. The molecule has 0 unspecified atom stereocenters. The van der Waals surface area contributed by atoms with Crippen molar-refractivity contribution in [2.45, 2.75) is 20.3 Å². The van der Waals surface area contributed by atoms with Crippen molar-refractivity contribution in [1.29, 1.82) is 0 Å². The van der Waals surface area contributed by atoms with Crippen molar-refractivity contribution in [2.75, 3.05) is 11.6 Å². The van der Waals surface area contributed by atoms with Gasteiger partial charge >= 0.3 is 5.97 Å². The van der Waals surface area contributed by atoms with Crippen LogP contribution in [-0.2, 0) is 14.3 Å². The van der Waals surface area contributed by atoms with Gasteiger partial charge in [0, 0.05) is 10.6 Å². The van der Waals surface area contributed by atoms with Crippen molar-refractivity contribution in [1.82, 2.24) is 5.43 Å². The van der Waals surface area contributed by atoms with Crippen LogP contribution in [0.1, 0.15) is 35.0 Å². The van der Waals surface area contributed by atoms with Crippen LogP contribution < -0.4 is 10.4 Å². The minimum Gasteiger partial charge on any atom is -0.462 e. The Hall–Kier alpha value is -3.55. The average Bonchev–Trinajstić information content (AvgIpc) is 3.40. The van der Waals surface area contributed by atoms with Crippen LogP contribution in [0.4, 0.5) is 5.69 Å². The second kappa shape index (κ2) is 9.75. The lowest BCUT2D eigenvalue weighted by Crippen LogP contribution is -2.35. The second-order valence-electron chi connectivity index (χ2n) is 7.61. The zero-order chi connectivity index (χ0) is 24.4. The molecular formula is C25H20Cl2N2O5. The Labute approximate surface area is 205 Å². The van der Waals surface area contributed by atoms with Gasteiger partial charge in [-0.05, 0) is 67.4 Å². The Morgan fingerprint density at radius 1 is 1.09 bits per heavy atom. The fourth-order valence-corrected chi connectivity index (χ4v) is 3.66. The molecule has 0 radical (unpaired) electrons. The smallest absolute Gasteiger partial charge is 0.339 e. The third-order valence-electron chi connectivity index (χ3n) is 5.13. The molecule has 34 heavy (non-hydrogen) atoms. The van der Waals surface area contributed by atoms with Crippen LogP contribution in [0.25, 0.3) is 17.4 Å². The first-order chi connectivity index (χ1) is 16.3. The summed E-state index contributed by atoms with van der Waals surface area (Å²) < 4.78 is 11.0. The van der Waals surface area contributed by atoms with E-state index in [2.05, 4.69) is 5.43 Å². The summed E-state index contributed by atoms with van der Waals surface area (Å²) in [4.78, 5) is 37.6. The number of esters is 1. The highest BCUT2D eigenvalue weighted by Crippen LogP contribution is 2.30. The molecule has 0 bridgehead atoms. The molecule has 0 atom stereocenters. The maximum absolute atomic E-state index is 12.9. The number of furan rings is 1. The molecule has 1 aliphatic rings. The number of aryl methyl sites for hydroxylation is 1. The molecule has 1 fully saturated rings.